The molecule has 1 N–H and O–H groups in total. The number of hydrogen-bond acceptors (Lipinski definition) is 5. The van der Waals surface area contributed by atoms with E-state index in [1.165, 1.54) is 7.11 Å². The molecule has 1 aromatic carbocycles. The Balaban J connectivity index is 1.52. The number of carbonyl (C=O) groups is 1. The molecule has 0 radical (unpaired) electrons. The third-order valence-electron chi connectivity index (χ3n) is 4.34. The number of nitrogens with one attached hydrogen (secondary N) is 1. The zero-order valence-electron chi connectivity index (χ0n) is 12.6. The summed E-state index contributed by atoms with van der Waals surface area (Å²) in [6.07, 6.45) is 3.81. The fourth-order valence-electron chi connectivity index (χ4n) is 3.08. The van der Waals surface area contributed by atoms with Gasteiger partial charge in [-0.25, -0.2) is 0 Å². The van der Waals surface area contributed by atoms with Crippen molar-refractivity contribution in [3.05, 3.63) is 22.2 Å². The van der Waals surface area contributed by atoms with Crippen LogP contribution in [0.15, 0.2) is 16.6 Å². The number of hydrogen-bond donors (Lipinski definition) is 1. The molecule has 1 aliphatic carbocycles. The molecule has 1 aliphatic heterocycles. The summed E-state index contributed by atoms with van der Waals surface area (Å²) in [5, 5.41) is 3.56. The van der Waals surface area contributed by atoms with E-state index >= 15 is 0 Å². The second-order valence-corrected chi connectivity index (χ2v) is 6.62. The van der Waals surface area contributed by atoms with Gasteiger partial charge in [0.2, 0.25) is 6.79 Å². The lowest BCUT2D eigenvalue weighted by Gasteiger charge is -2.27. The van der Waals surface area contributed by atoms with Gasteiger partial charge in [0.25, 0.3) is 0 Å². The number of rotatable bonds is 4. The number of carbonyl (C=O) groups excluding carboxylic acids is 1. The Morgan fingerprint density at radius 3 is 2.82 bits per heavy atom. The monoisotopic (exact) mass is 369 g/mol. The van der Waals surface area contributed by atoms with Gasteiger partial charge in [0.15, 0.2) is 11.5 Å². The molecular formula is C16H20BrNO4. The van der Waals surface area contributed by atoms with Gasteiger partial charge in [0.05, 0.1) is 17.5 Å². The fraction of sp³-hybridized carbons (Fsp3) is 0.562. The quantitative estimate of drug-likeness (QED) is 0.826. The molecular weight excluding hydrogens is 350 g/mol. The molecule has 5 nitrogen and oxygen atoms in total. The zero-order valence-corrected chi connectivity index (χ0v) is 14.1. The Hall–Kier alpha value is -1.27. The number of esters is 1. The maximum Gasteiger partial charge on any atom is 0.308 e. The second-order valence-electron chi connectivity index (χ2n) is 5.76. The van der Waals surface area contributed by atoms with Crippen molar-refractivity contribution in [3.8, 4) is 11.5 Å². The normalized spacial score (nSPS) is 23.4. The van der Waals surface area contributed by atoms with Gasteiger partial charge in [-0.1, -0.05) is 0 Å². The summed E-state index contributed by atoms with van der Waals surface area (Å²) in [6.45, 7) is 1.06. The number of halogens is 1. The van der Waals surface area contributed by atoms with Crippen molar-refractivity contribution in [2.24, 2.45) is 5.92 Å². The molecule has 0 aromatic heterocycles. The maximum atomic E-state index is 11.5. The lowest BCUT2D eigenvalue weighted by atomic mass is 9.86. The number of benzene rings is 1. The predicted octanol–water partition coefficient (Wildman–Crippen LogP) is 3.00. The Morgan fingerprint density at radius 1 is 1.32 bits per heavy atom. The van der Waals surface area contributed by atoms with Gasteiger partial charge < -0.3 is 19.5 Å². The summed E-state index contributed by atoms with van der Waals surface area (Å²) in [4.78, 5) is 11.5. The molecule has 1 fully saturated rings. The van der Waals surface area contributed by atoms with Gasteiger partial charge in [-0.15, -0.1) is 0 Å². The van der Waals surface area contributed by atoms with Crippen LogP contribution in [-0.4, -0.2) is 25.9 Å². The average molecular weight is 370 g/mol. The molecule has 0 spiro atoms. The van der Waals surface area contributed by atoms with Crippen LogP contribution < -0.4 is 14.8 Å². The Bertz CT molecular complexity index is 555. The highest BCUT2D eigenvalue weighted by Gasteiger charge is 2.26. The van der Waals surface area contributed by atoms with Crippen LogP contribution in [0.2, 0.25) is 0 Å². The van der Waals surface area contributed by atoms with Crippen molar-refractivity contribution in [1.29, 1.82) is 0 Å². The van der Waals surface area contributed by atoms with E-state index in [0.29, 0.717) is 6.04 Å². The molecule has 1 aromatic rings. The highest BCUT2D eigenvalue weighted by molar-refractivity contribution is 9.10. The van der Waals surface area contributed by atoms with Crippen LogP contribution in [0.3, 0.4) is 0 Å². The van der Waals surface area contributed by atoms with Gasteiger partial charge in [0, 0.05) is 12.6 Å². The zero-order chi connectivity index (χ0) is 15.5. The number of ether oxygens (including phenoxy) is 3. The van der Waals surface area contributed by atoms with Gasteiger partial charge in [-0.05, 0) is 59.3 Å². The first-order valence-electron chi connectivity index (χ1n) is 7.56. The molecule has 0 atom stereocenters. The lowest BCUT2D eigenvalue weighted by Crippen LogP contribution is -2.34. The molecule has 1 saturated carbocycles. The molecule has 0 unspecified atom stereocenters. The summed E-state index contributed by atoms with van der Waals surface area (Å²) in [5.41, 5.74) is 1.16. The molecule has 22 heavy (non-hydrogen) atoms. The smallest absolute Gasteiger partial charge is 0.308 e. The molecule has 1 heterocycles. The summed E-state index contributed by atoms with van der Waals surface area (Å²) in [7, 11) is 1.46. The third kappa shape index (κ3) is 3.38. The number of methoxy groups -OCH3 is 1. The minimum atomic E-state index is -0.0712. The summed E-state index contributed by atoms with van der Waals surface area (Å²) in [5.74, 6) is 1.57. The van der Waals surface area contributed by atoms with Crippen molar-refractivity contribution in [1.82, 2.24) is 5.32 Å². The Kier molecular flexibility index (Phi) is 4.88. The first-order valence-corrected chi connectivity index (χ1v) is 8.36. The van der Waals surface area contributed by atoms with E-state index < -0.39 is 0 Å². The van der Waals surface area contributed by atoms with Crippen molar-refractivity contribution >= 4 is 21.9 Å². The summed E-state index contributed by atoms with van der Waals surface area (Å²) in [6, 6.07) is 4.52. The molecule has 0 amide bonds. The molecule has 120 valence electrons. The van der Waals surface area contributed by atoms with E-state index in [2.05, 4.69) is 27.3 Å². The van der Waals surface area contributed by atoms with Crippen LogP contribution >= 0.6 is 15.9 Å². The molecule has 0 bridgehead atoms. The van der Waals surface area contributed by atoms with Gasteiger partial charge in [-0.3, -0.25) is 4.79 Å². The molecule has 2 aliphatic rings. The van der Waals surface area contributed by atoms with E-state index in [1.54, 1.807) is 0 Å². The Morgan fingerprint density at radius 2 is 2.09 bits per heavy atom. The van der Waals surface area contributed by atoms with Crippen molar-refractivity contribution in [2.45, 2.75) is 38.3 Å². The highest BCUT2D eigenvalue weighted by Crippen LogP contribution is 2.40. The van der Waals surface area contributed by atoms with E-state index in [9.17, 15) is 4.79 Å². The van der Waals surface area contributed by atoms with Crippen LogP contribution in [-0.2, 0) is 16.1 Å². The van der Waals surface area contributed by atoms with Crippen LogP contribution in [0.25, 0.3) is 0 Å². The van der Waals surface area contributed by atoms with Crippen molar-refractivity contribution in [3.63, 3.8) is 0 Å². The van der Waals surface area contributed by atoms with Crippen LogP contribution in [0.1, 0.15) is 31.2 Å². The van der Waals surface area contributed by atoms with Crippen molar-refractivity contribution < 1.29 is 19.0 Å². The average Bonchev–Trinajstić information content (AvgIpc) is 3.02. The summed E-state index contributed by atoms with van der Waals surface area (Å²) < 4.78 is 16.6. The molecule has 0 saturated heterocycles. The van der Waals surface area contributed by atoms with Crippen molar-refractivity contribution in [2.75, 3.05) is 13.9 Å². The van der Waals surface area contributed by atoms with Crippen LogP contribution in [0.4, 0.5) is 0 Å². The van der Waals surface area contributed by atoms with E-state index in [1.807, 2.05) is 6.07 Å². The van der Waals surface area contributed by atoms with Crippen LogP contribution in [0, 0.1) is 5.92 Å². The summed E-state index contributed by atoms with van der Waals surface area (Å²) >= 11 is 3.51. The largest absolute Gasteiger partial charge is 0.469 e. The van der Waals surface area contributed by atoms with Crippen LogP contribution in [0.5, 0.6) is 11.5 Å². The third-order valence-corrected chi connectivity index (χ3v) is 4.93. The predicted molar refractivity (Wildman–Crippen MR) is 84.9 cm³/mol. The maximum absolute atomic E-state index is 11.5. The van der Waals surface area contributed by atoms with E-state index in [4.69, 9.17) is 14.2 Å². The van der Waals surface area contributed by atoms with E-state index in [-0.39, 0.29) is 18.7 Å². The fourth-order valence-corrected chi connectivity index (χ4v) is 3.69. The standard InChI is InChI=1S/C16H20BrNO4/c1-20-16(19)11-2-4-12(5-3-11)18-8-10-6-13(17)15-14(7-10)21-9-22-15/h6-7,11-12,18H,2-5,8-9H2,1H3. The highest BCUT2D eigenvalue weighted by atomic mass is 79.9. The Labute approximate surface area is 138 Å². The minimum absolute atomic E-state index is 0.0712. The van der Waals surface area contributed by atoms with Gasteiger partial charge in [-0.2, -0.15) is 0 Å². The molecule has 3 rings (SSSR count). The molecule has 6 heteroatoms. The second kappa shape index (κ2) is 6.87. The van der Waals surface area contributed by atoms with E-state index in [0.717, 1.165) is 53.8 Å². The minimum Gasteiger partial charge on any atom is -0.469 e. The SMILES string of the molecule is COC(=O)C1CCC(NCc2cc(Br)c3c(c2)OCO3)CC1. The van der Waals surface area contributed by atoms with Gasteiger partial charge >= 0.3 is 5.97 Å². The number of fused-ring (bicyclic) bond motifs is 1. The topological polar surface area (TPSA) is 56.8 Å². The first kappa shape index (κ1) is 15.6. The van der Waals surface area contributed by atoms with Gasteiger partial charge in [0.1, 0.15) is 0 Å². The first-order chi connectivity index (χ1) is 10.7. The lowest BCUT2D eigenvalue weighted by molar-refractivity contribution is -0.146.